The molecule has 1 heterocycles. The maximum absolute atomic E-state index is 12.4. The summed E-state index contributed by atoms with van der Waals surface area (Å²) in [6, 6.07) is 5.11. The highest BCUT2D eigenvalue weighted by atomic mass is 35.5. The molecule has 1 aromatic carbocycles. The van der Waals surface area contributed by atoms with E-state index in [-0.39, 0.29) is 24.2 Å². The molecule has 1 unspecified atom stereocenters. The van der Waals surface area contributed by atoms with E-state index in [4.69, 9.17) is 23.2 Å². The number of amides is 2. The Hall–Kier alpha value is -1.26. The largest absolute Gasteiger partial charge is 0.343 e. The Bertz CT molecular complexity index is 538. The molecule has 1 aliphatic rings. The first-order valence-corrected chi connectivity index (χ1v) is 7.78. The Labute approximate surface area is 134 Å². The number of carbonyl (C=O) groups excluding carboxylic acids is 2. The highest BCUT2D eigenvalue weighted by Gasteiger charge is 2.38. The lowest BCUT2D eigenvalue weighted by atomic mass is 10.1. The van der Waals surface area contributed by atoms with Gasteiger partial charge in [-0.3, -0.25) is 9.59 Å². The molecule has 0 aromatic heterocycles. The molecule has 1 saturated heterocycles. The van der Waals surface area contributed by atoms with Crippen molar-refractivity contribution in [1.29, 1.82) is 0 Å². The highest BCUT2D eigenvalue weighted by molar-refractivity contribution is 6.40. The van der Waals surface area contributed by atoms with E-state index in [1.165, 1.54) is 4.90 Å². The third kappa shape index (κ3) is 3.16. The normalized spacial score (nSPS) is 18.2. The number of rotatable bonds is 4. The maximum Gasteiger partial charge on any atom is 0.227 e. The van der Waals surface area contributed by atoms with Gasteiger partial charge in [-0.1, -0.05) is 29.3 Å². The van der Waals surface area contributed by atoms with Gasteiger partial charge in [-0.05, 0) is 26.0 Å². The summed E-state index contributed by atoms with van der Waals surface area (Å²) in [7, 11) is 0. The number of hydrogen-bond donors (Lipinski definition) is 0. The first-order valence-electron chi connectivity index (χ1n) is 7.02. The maximum atomic E-state index is 12.4. The van der Waals surface area contributed by atoms with Crippen LogP contribution in [0, 0.1) is 5.92 Å². The van der Waals surface area contributed by atoms with E-state index in [0.717, 1.165) is 0 Å². The van der Waals surface area contributed by atoms with Gasteiger partial charge in [0.2, 0.25) is 11.8 Å². The average molecular weight is 329 g/mol. The molecule has 1 atom stereocenters. The van der Waals surface area contributed by atoms with Crippen molar-refractivity contribution in [2.75, 3.05) is 24.5 Å². The van der Waals surface area contributed by atoms with Gasteiger partial charge in [0, 0.05) is 26.1 Å². The lowest BCUT2D eigenvalue weighted by Gasteiger charge is -2.23. The smallest absolute Gasteiger partial charge is 0.227 e. The Morgan fingerprint density at radius 3 is 2.38 bits per heavy atom. The second-order valence-corrected chi connectivity index (χ2v) is 5.80. The second-order valence-electron chi connectivity index (χ2n) is 4.99. The van der Waals surface area contributed by atoms with Gasteiger partial charge in [0.15, 0.2) is 0 Å². The Balaban J connectivity index is 2.22. The van der Waals surface area contributed by atoms with Gasteiger partial charge >= 0.3 is 0 Å². The summed E-state index contributed by atoms with van der Waals surface area (Å²) in [5.41, 5.74) is 0.501. The van der Waals surface area contributed by atoms with E-state index in [0.29, 0.717) is 35.4 Å². The molecule has 114 valence electrons. The third-order valence-corrected chi connectivity index (χ3v) is 4.37. The van der Waals surface area contributed by atoms with Crippen molar-refractivity contribution in [1.82, 2.24) is 4.90 Å². The van der Waals surface area contributed by atoms with E-state index >= 15 is 0 Å². The minimum Gasteiger partial charge on any atom is -0.343 e. The summed E-state index contributed by atoms with van der Waals surface area (Å²) in [5, 5.41) is 0.846. The number of benzene rings is 1. The first kappa shape index (κ1) is 16.1. The number of halogens is 2. The standard InChI is InChI=1S/C15H18Cl2N2O2/c1-3-18(4-2)15(21)10-8-13(20)19(9-10)14-11(16)6-5-7-12(14)17/h5-7,10H,3-4,8-9H2,1-2H3. The molecule has 1 fully saturated rings. The van der Waals surface area contributed by atoms with E-state index in [1.54, 1.807) is 23.1 Å². The molecule has 0 aliphatic carbocycles. The Morgan fingerprint density at radius 2 is 1.86 bits per heavy atom. The monoisotopic (exact) mass is 328 g/mol. The van der Waals surface area contributed by atoms with Crippen LogP contribution in [0.1, 0.15) is 20.3 Å². The van der Waals surface area contributed by atoms with Crippen molar-refractivity contribution in [3.63, 3.8) is 0 Å². The molecule has 0 N–H and O–H groups in total. The second kappa shape index (κ2) is 6.67. The van der Waals surface area contributed by atoms with Crippen molar-refractivity contribution in [3.8, 4) is 0 Å². The van der Waals surface area contributed by atoms with Crippen LogP contribution in [-0.4, -0.2) is 36.3 Å². The number of hydrogen-bond acceptors (Lipinski definition) is 2. The van der Waals surface area contributed by atoms with Crippen LogP contribution in [0.5, 0.6) is 0 Å². The predicted molar refractivity (Wildman–Crippen MR) is 84.9 cm³/mol. The lowest BCUT2D eigenvalue weighted by Crippen LogP contribution is -2.37. The van der Waals surface area contributed by atoms with Crippen LogP contribution in [-0.2, 0) is 9.59 Å². The molecular formula is C15H18Cl2N2O2. The van der Waals surface area contributed by atoms with Crippen molar-refractivity contribution < 1.29 is 9.59 Å². The van der Waals surface area contributed by atoms with E-state index < -0.39 is 0 Å². The minimum atomic E-state index is -0.329. The summed E-state index contributed by atoms with van der Waals surface area (Å²) < 4.78 is 0. The van der Waals surface area contributed by atoms with Crippen molar-refractivity contribution >= 4 is 40.7 Å². The molecule has 6 heteroatoms. The fraction of sp³-hybridized carbons (Fsp3) is 0.467. The van der Waals surface area contributed by atoms with Crippen molar-refractivity contribution in [2.24, 2.45) is 5.92 Å². The van der Waals surface area contributed by atoms with Crippen LogP contribution in [0.15, 0.2) is 18.2 Å². The highest BCUT2D eigenvalue weighted by Crippen LogP contribution is 2.37. The Morgan fingerprint density at radius 1 is 1.29 bits per heavy atom. The van der Waals surface area contributed by atoms with Crippen molar-refractivity contribution in [3.05, 3.63) is 28.2 Å². The zero-order valence-corrected chi connectivity index (χ0v) is 13.6. The molecule has 1 aliphatic heterocycles. The molecular weight excluding hydrogens is 311 g/mol. The predicted octanol–water partition coefficient (Wildman–Crippen LogP) is 3.21. The fourth-order valence-electron chi connectivity index (χ4n) is 2.63. The number of nitrogens with zero attached hydrogens (tertiary/aromatic N) is 2. The molecule has 0 radical (unpaired) electrons. The average Bonchev–Trinajstić information content (AvgIpc) is 2.82. The molecule has 21 heavy (non-hydrogen) atoms. The van der Waals surface area contributed by atoms with Gasteiger partial charge in [0.25, 0.3) is 0 Å². The summed E-state index contributed by atoms with van der Waals surface area (Å²) in [4.78, 5) is 27.9. The summed E-state index contributed by atoms with van der Waals surface area (Å²) in [6.45, 7) is 5.49. The zero-order chi connectivity index (χ0) is 15.6. The van der Waals surface area contributed by atoms with Crippen LogP contribution < -0.4 is 4.90 Å². The molecule has 4 nitrogen and oxygen atoms in total. The van der Waals surface area contributed by atoms with E-state index in [9.17, 15) is 9.59 Å². The van der Waals surface area contributed by atoms with Gasteiger partial charge in [0.1, 0.15) is 0 Å². The van der Waals surface area contributed by atoms with Gasteiger partial charge in [-0.2, -0.15) is 0 Å². The van der Waals surface area contributed by atoms with Crippen LogP contribution >= 0.6 is 23.2 Å². The molecule has 0 spiro atoms. The minimum absolute atomic E-state index is 0.0130. The van der Waals surface area contributed by atoms with Crippen LogP contribution in [0.25, 0.3) is 0 Å². The third-order valence-electron chi connectivity index (χ3n) is 3.76. The molecule has 2 amide bonds. The Kier molecular flexibility index (Phi) is 5.12. The van der Waals surface area contributed by atoms with Crippen LogP contribution in [0.3, 0.4) is 0 Å². The summed E-state index contributed by atoms with van der Waals surface area (Å²) in [5.74, 6) is -0.431. The van der Waals surface area contributed by atoms with Crippen LogP contribution in [0.2, 0.25) is 10.0 Å². The fourth-order valence-corrected chi connectivity index (χ4v) is 3.23. The number of anilines is 1. The van der Waals surface area contributed by atoms with Gasteiger partial charge in [0.05, 0.1) is 21.7 Å². The SMILES string of the molecule is CCN(CC)C(=O)C1CC(=O)N(c2c(Cl)cccc2Cl)C1. The number of para-hydroxylation sites is 1. The van der Waals surface area contributed by atoms with Gasteiger partial charge in [-0.25, -0.2) is 0 Å². The van der Waals surface area contributed by atoms with E-state index in [1.807, 2.05) is 13.8 Å². The van der Waals surface area contributed by atoms with Gasteiger partial charge < -0.3 is 9.80 Å². The number of carbonyl (C=O) groups is 2. The summed E-state index contributed by atoms with van der Waals surface area (Å²) >= 11 is 12.3. The molecule has 1 aromatic rings. The first-order chi connectivity index (χ1) is 9.99. The van der Waals surface area contributed by atoms with Crippen LogP contribution in [0.4, 0.5) is 5.69 Å². The summed E-state index contributed by atoms with van der Waals surface area (Å²) in [6.07, 6.45) is 0.205. The topological polar surface area (TPSA) is 40.6 Å². The van der Waals surface area contributed by atoms with Gasteiger partial charge in [-0.15, -0.1) is 0 Å². The molecule has 0 saturated carbocycles. The van der Waals surface area contributed by atoms with E-state index in [2.05, 4.69) is 0 Å². The zero-order valence-electron chi connectivity index (χ0n) is 12.1. The molecule has 2 rings (SSSR count). The lowest BCUT2D eigenvalue weighted by molar-refractivity contribution is -0.135. The quantitative estimate of drug-likeness (QED) is 0.851. The van der Waals surface area contributed by atoms with Crippen molar-refractivity contribution in [2.45, 2.75) is 20.3 Å². The molecule has 0 bridgehead atoms.